The lowest BCUT2D eigenvalue weighted by Gasteiger charge is -2.19. The molecule has 0 bridgehead atoms. The smallest absolute Gasteiger partial charge is 0.261 e. The first-order chi connectivity index (χ1) is 16.2. The Kier molecular flexibility index (Phi) is 12.2. The second kappa shape index (κ2) is 13.8. The summed E-state index contributed by atoms with van der Waals surface area (Å²) in [6, 6.07) is 11.5. The molecule has 3 rings (SSSR count). The molecule has 0 aliphatic rings. The summed E-state index contributed by atoms with van der Waals surface area (Å²) in [5, 5.41) is 14.5. The third kappa shape index (κ3) is 11.4. The van der Waals surface area contributed by atoms with Crippen LogP contribution in [0.5, 0.6) is 0 Å². The summed E-state index contributed by atoms with van der Waals surface area (Å²) in [7, 11) is -7.33. The molecule has 0 radical (unpaired) electrons. The molecule has 0 amide bonds. The molecule has 0 saturated heterocycles. The van der Waals surface area contributed by atoms with Gasteiger partial charge in [-0.15, -0.1) is 11.3 Å². The fraction of sp³-hybridized carbons (Fsp3) is 0.409. The van der Waals surface area contributed by atoms with Crippen molar-refractivity contribution in [2.75, 3.05) is 44.0 Å². The molecule has 1 heterocycles. The second-order valence-electron chi connectivity index (χ2n) is 7.48. The summed E-state index contributed by atoms with van der Waals surface area (Å²) < 4.78 is 53.6. The van der Waals surface area contributed by atoms with E-state index in [1.165, 1.54) is 0 Å². The van der Waals surface area contributed by atoms with Crippen LogP contribution in [0.4, 0.5) is 5.69 Å². The van der Waals surface area contributed by atoms with Gasteiger partial charge in [-0.25, -0.2) is 0 Å². The van der Waals surface area contributed by atoms with Crippen LogP contribution >= 0.6 is 11.3 Å². The van der Waals surface area contributed by atoms with Crippen molar-refractivity contribution in [3.05, 3.63) is 52.2 Å². The topological polar surface area (TPSA) is 161 Å². The number of benzene rings is 2. The molecule has 3 aromatic rings. The van der Waals surface area contributed by atoms with Crippen LogP contribution in [-0.4, -0.2) is 74.6 Å². The minimum atomic E-state index is -3.67. The van der Waals surface area contributed by atoms with E-state index in [0.29, 0.717) is 17.9 Å². The Morgan fingerprint density at radius 1 is 0.943 bits per heavy atom. The van der Waals surface area contributed by atoms with Crippen molar-refractivity contribution in [3.8, 4) is 0 Å². The molecule has 2 aromatic carbocycles. The third-order valence-electron chi connectivity index (χ3n) is 4.62. The van der Waals surface area contributed by atoms with E-state index in [9.17, 15) is 26.7 Å². The fourth-order valence-corrected chi connectivity index (χ4v) is 4.32. The van der Waals surface area contributed by atoms with Crippen molar-refractivity contribution in [3.63, 3.8) is 0 Å². The largest absolute Gasteiger partial charge is 0.392 e. The van der Waals surface area contributed by atoms with Gasteiger partial charge in [0.25, 0.3) is 20.2 Å². The van der Waals surface area contributed by atoms with Gasteiger partial charge in [0.1, 0.15) is 0 Å². The van der Waals surface area contributed by atoms with E-state index in [1.807, 2.05) is 36.4 Å². The van der Waals surface area contributed by atoms with Crippen molar-refractivity contribution in [2.45, 2.75) is 20.5 Å². The summed E-state index contributed by atoms with van der Waals surface area (Å²) in [5.41, 5.74) is 1.69. The molecule has 10 nitrogen and oxygen atoms in total. The Bertz CT molecular complexity index is 1340. The Balaban J connectivity index is 0.000000519. The standard InChI is InChI=1S/C20H24N2O2S.2CH4O3S/c1-3-22(4-2)12-11-21-16-10-9-14(13-23)20-18(16)19(24)15-7-5-6-8-17(15)25-20;2*1-5(2,3)4/h5-10,21,23H,3-4,11-13H2,1-2H3;2*1H3,(H,2,3,4). The number of fused-ring (bicyclic) bond motifs is 2. The van der Waals surface area contributed by atoms with Crippen molar-refractivity contribution < 1.29 is 31.0 Å². The lowest BCUT2D eigenvalue weighted by atomic mass is 10.1. The number of hydrogen-bond acceptors (Lipinski definition) is 9. The van der Waals surface area contributed by atoms with E-state index in [1.54, 1.807) is 11.3 Å². The normalized spacial score (nSPS) is 11.5. The SMILES string of the molecule is CCN(CC)CCNc1ccc(CO)c2sc3ccccc3c(=O)c12.CS(=O)(=O)O.CS(=O)(=O)O. The maximum absolute atomic E-state index is 13.1. The number of anilines is 1. The highest BCUT2D eigenvalue weighted by Crippen LogP contribution is 2.31. The average molecular weight is 549 g/mol. The van der Waals surface area contributed by atoms with Gasteiger partial charge >= 0.3 is 0 Å². The number of nitrogens with zero attached hydrogens (tertiary/aromatic N) is 1. The number of likely N-dealkylation sites (N-methyl/N-ethyl adjacent to an activating group) is 1. The van der Waals surface area contributed by atoms with Crippen LogP contribution < -0.4 is 10.7 Å². The predicted molar refractivity (Wildman–Crippen MR) is 143 cm³/mol. The monoisotopic (exact) mass is 548 g/mol. The first-order valence-electron chi connectivity index (χ1n) is 10.6. The quantitative estimate of drug-likeness (QED) is 0.255. The molecule has 0 aliphatic carbocycles. The maximum atomic E-state index is 13.1. The molecule has 0 unspecified atom stereocenters. The van der Waals surface area contributed by atoms with Gasteiger partial charge in [-0.05, 0) is 36.9 Å². The molecule has 0 fully saturated rings. The second-order valence-corrected chi connectivity index (χ2v) is 11.5. The molecule has 4 N–H and O–H groups in total. The summed E-state index contributed by atoms with van der Waals surface area (Å²) in [6.45, 7) is 7.99. The van der Waals surface area contributed by atoms with Gasteiger partial charge in [0, 0.05) is 33.6 Å². The van der Waals surface area contributed by atoms with Crippen molar-refractivity contribution >= 4 is 57.4 Å². The zero-order valence-corrected chi connectivity index (χ0v) is 22.5. The van der Waals surface area contributed by atoms with Gasteiger partial charge < -0.3 is 15.3 Å². The minimum Gasteiger partial charge on any atom is -0.392 e. The Hall–Kier alpha value is -2.13. The van der Waals surface area contributed by atoms with Gasteiger partial charge in [-0.1, -0.05) is 32.0 Å². The maximum Gasteiger partial charge on any atom is 0.261 e. The van der Waals surface area contributed by atoms with Gasteiger partial charge in [-0.3, -0.25) is 13.9 Å². The number of aliphatic hydroxyl groups is 1. The highest BCUT2D eigenvalue weighted by molar-refractivity contribution is 7.85. The minimum absolute atomic E-state index is 0.0324. The summed E-state index contributed by atoms with van der Waals surface area (Å²) in [5.74, 6) is 0. The average Bonchev–Trinajstić information content (AvgIpc) is 2.74. The lowest BCUT2D eigenvalue weighted by Crippen LogP contribution is -2.28. The highest BCUT2D eigenvalue weighted by Gasteiger charge is 2.13. The van der Waals surface area contributed by atoms with Gasteiger partial charge in [0.2, 0.25) is 0 Å². The summed E-state index contributed by atoms with van der Waals surface area (Å²) in [4.78, 5) is 15.4. The summed E-state index contributed by atoms with van der Waals surface area (Å²) >= 11 is 1.57. The molecule has 0 aliphatic heterocycles. The molecular weight excluding hydrogens is 516 g/mol. The predicted octanol–water partition coefficient (Wildman–Crippen LogP) is 2.67. The molecule has 35 heavy (non-hydrogen) atoms. The molecule has 0 atom stereocenters. The molecule has 0 spiro atoms. The first-order valence-corrected chi connectivity index (χ1v) is 15.1. The van der Waals surface area contributed by atoms with Crippen molar-refractivity contribution in [1.29, 1.82) is 0 Å². The van der Waals surface area contributed by atoms with Crippen LogP contribution in [0, 0.1) is 0 Å². The number of rotatable bonds is 7. The molecular formula is C22H32N2O8S3. The van der Waals surface area contributed by atoms with E-state index in [0.717, 1.165) is 52.2 Å². The zero-order valence-electron chi connectivity index (χ0n) is 20.1. The Labute approximate surface area is 209 Å². The van der Waals surface area contributed by atoms with E-state index in [-0.39, 0.29) is 12.0 Å². The van der Waals surface area contributed by atoms with Crippen LogP contribution in [0.2, 0.25) is 0 Å². The van der Waals surface area contributed by atoms with Crippen LogP contribution in [-0.2, 0) is 26.8 Å². The van der Waals surface area contributed by atoms with Crippen LogP contribution in [0.3, 0.4) is 0 Å². The van der Waals surface area contributed by atoms with Gasteiger partial charge in [0.05, 0.1) is 24.5 Å². The highest BCUT2D eigenvalue weighted by atomic mass is 32.2. The number of nitrogens with one attached hydrogen (secondary N) is 1. The van der Waals surface area contributed by atoms with E-state index < -0.39 is 20.2 Å². The van der Waals surface area contributed by atoms with Crippen LogP contribution in [0.1, 0.15) is 19.4 Å². The number of hydrogen-bond donors (Lipinski definition) is 4. The lowest BCUT2D eigenvalue weighted by molar-refractivity contribution is 0.283. The van der Waals surface area contributed by atoms with Crippen LogP contribution in [0.25, 0.3) is 20.2 Å². The molecule has 13 heteroatoms. The van der Waals surface area contributed by atoms with Crippen molar-refractivity contribution in [2.24, 2.45) is 0 Å². The van der Waals surface area contributed by atoms with E-state index in [2.05, 4.69) is 24.1 Å². The molecule has 196 valence electrons. The molecule has 0 saturated carbocycles. The van der Waals surface area contributed by atoms with Gasteiger partial charge in [-0.2, -0.15) is 16.8 Å². The Morgan fingerprint density at radius 2 is 1.49 bits per heavy atom. The van der Waals surface area contributed by atoms with Crippen LogP contribution in [0.15, 0.2) is 41.2 Å². The van der Waals surface area contributed by atoms with Gasteiger partial charge in [0.15, 0.2) is 5.43 Å². The number of aliphatic hydroxyl groups excluding tert-OH is 1. The van der Waals surface area contributed by atoms with E-state index in [4.69, 9.17) is 9.11 Å². The van der Waals surface area contributed by atoms with Crippen molar-refractivity contribution in [1.82, 2.24) is 4.90 Å². The summed E-state index contributed by atoms with van der Waals surface area (Å²) in [6.07, 6.45) is 1.43. The third-order valence-corrected chi connectivity index (χ3v) is 5.86. The zero-order chi connectivity index (χ0) is 26.8. The fourth-order valence-electron chi connectivity index (χ4n) is 3.12. The van der Waals surface area contributed by atoms with E-state index >= 15 is 0 Å². The first kappa shape index (κ1) is 30.9. The Morgan fingerprint density at radius 3 is 2.00 bits per heavy atom. The molecule has 1 aromatic heterocycles.